The van der Waals surface area contributed by atoms with Gasteiger partial charge in [0.15, 0.2) is 5.78 Å². The molecule has 0 saturated heterocycles. The van der Waals surface area contributed by atoms with E-state index < -0.39 is 7.12 Å². The average molecular weight is 302 g/mol. The van der Waals surface area contributed by atoms with Gasteiger partial charge in [0.25, 0.3) is 0 Å². The van der Waals surface area contributed by atoms with Crippen LogP contribution in [-0.4, -0.2) is 22.9 Å². The molecule has 0 bridgehead atoms. The molecule has 2 heterocycles. The first kappa shape index (κ1) is 14.3. The lowest BCUT2D eigenvalue weighted by Crippen LogP contribution is -2.28. The number of Topliss-reactive ketones (excluding diaryl/α,β-unsaturated/α-hetero) is 1. The van der Waals surface area contributed by atoms with Crippen LogP contribution in [0.4, 0.5) is 0 Å². The minimum Gasteiger partial charge on any atom is -0.423 e. The number of rotatable bonds is 3. The highest BCUT2D eigenvalue weighted by molar-refractivity contribution is 6.61. The molecule has 0 atom stereocenters. The van der Waals surface area contributed by atoms with Crippen LogP contribution in [0.1, 0.15) is 27.2 Å². The number of hydrogen-bond acceptors (Lipinski definition) is 4. The zero-order valence-electron chi connectivity index (χ0n) is 11.5. The second-order valence-corrected chi connectivity index (χ2v) is 5.45. The van der Waals surface area contributed by atoms with Crippen molar-refractivity contribution >= 4 is 30.0 Å². The number of nitrogens with zero attached hydrogens (tertiary/aromatic N) is 1. The van der Waals surface area contributed by atoms with Gasteiger partial charge in [-0.15, -0.1) is 0 Å². The number of hydrogen-bond donors (Lipinski definition) is 1. The first-order valence-corrected chi connectivity index (χ1v) is 7.00. The molecule has 6 heteroatoms. The van der Waals surface area contributed by atoms with Crippen LogP contribution in [0.3, 0.4) is 0 Å². The Morgan fingerprint density at radius 3 is 3.00 bits per heavy atom. The molecule has 0 fully saturated rings. The van der Waals surface area contributed by atoms with Gasteiger partial charge in [0.05, 0.1) is 12.2 Å². The molecule has 1 N–H and O–H groups in total. The highest BCUT2D eigenvalue weighted by Gasteiger charge is 2.27. The Hall–Kier alpha value is -1.69. The smallest absolute Gasteiger partial charge is 0.423 e. The second-order valence-electron chi connectivity index (χ2n) is 5.09. The van der Waals surface area contributed by atoms with Gasteiger partial charge >= 0.3 is 7.12 Å². The lowest BCUT2D eigenvalue weighted by molar-refractivity contribution is 0.0993. The molecular formula is C15H13BClNO3. The summed E-state index contributed by atoms with van der Waals surface area (Å²) in [6, 6.07) is 9.01. The molecule has 0 amide bonds. The molecule has 0 spiro atoms. The van der Waals surface area contributed by atoms with Crippen molar-refractivity contribution in [1.82, 2.24) is 4.98 Å². The molecule has 0 saturated carbocycles. The number of aryl methyl sites for hydroxylation is 1. The number of carbonyl (C=O) groups excluding carboxylic acids is 1. The molecule has 0 radical (unpaired) electrons. The summed E-state index contributed by atoms with van der Waals surface area (Å²) in [6.45, 7) is 2.22. The third-order valence-electron chi connectivity index (χ3n) is 3.53. The number of carbonyl (C=O) groups is 1. The van der Waals surface area contributed by atoms with Crippen LogP contribution in [0.5, 0.6) is 0 Å². The third-order valence-corrected chi connectivity index (χ3v) is 3.81. The largest absolute Gasteiger partial charge is 0.491 e. The average Bonchev–Trinajstić information content (AvgIpc) is 2.80. The quantitative estimate of drug-likeness (QED) is 0.532. The van der Waals surface area contributed by atoms with E-state index in [9.17, 15) is 9.82 Å². The van der Waals surface area contributed by atoms with E-state index in [4.69, 9.17) is 16.3 Å². The normalized spacial score (nSPS) is 13.4. The van der Waals surface area contributed by atoms with Gasteiger partial charge in [-0.25, -0.2) is 4.98 Å². The van der Waals surface area contributed by atoms with Crippen LogP contribution in [0.2, 0.25) is 5.15 Å². The summed E-state index contributed by atoms with van der Waals surface area (Å²) < 4.78 is 5.14. The van der Waals surface area contributed by atoms with Crippen molar-refractivity contribution in [2.75, 3.05) is 0 Å². The fourth-order valence-electron chi connectivity index (χ4n) is 2.39. The Bertz CT molecular complexity index is 720. The maximum Gasteiger partial charge on any atom is 0.491 e. The van der Waals surface area contributed by atoms with Crippen LogP contribution in [-0.2, 0) is 17.7 Å². The second kappa shape index (κ2) is 5.60. The maximum absolute atomic E-state index is 12.3. The predicted molar refractivity (Wildman–Crippen MR) is 80.9 cm³/mol. The number of ketones is 1. The summed E-state index contributed by atoms with van der Waals surface area (Å²) in [5.41, 5.74) is 3.69. The number of halogens is 1. The van der Waals surface area contributed by atoms with Crippen molar-refractivity contribution in [2.24, 2.45) is 0 Å². The van der Waals surface area contributed by atoms with Gasteiger partial charge in [0, 0.05) is 12.1 Å². The third kappa shape index (κ3) is 2.86. The molecule has 106 valence electrons. The van der Waals surface area contributed by atoms with Crippen LogP contribution >= 0.6 is 11.6 Å². The van der Waals surface area contributed by atoms with E-state index in [1.54, 1.807) is 18.2 Å². The monoisotopic (exact) mass is 301 g/mol. The summed E-state index contributed by atoms with van der Waals surface area (Å²) in [5.74, 6) is -0.0964. The summed E-state index contributed by atoms with van der Waals surface area (Å²) in [7, 11) is -0.903. The Kier molecular flexibility index (Phi) is 3.80. The van der Waals surface area contributed by atoms with Crippen molar-refractivity contribution < 1.29 is 14.5 Å². The summed E-state index contributed by atoms with van der Waals surface area (Å²) in [6.07, 6.45) is 0.213. The molecule has 3 rings (SSSR count). The molecule has 1 aromatic heterocycles. The van der Waals surface area contributed by atoms with Gasteiger partial charge < -0.3 is 9.68 Å². The first-order chi connectivity index (χ1) is 10.0. The minimum atomic E-state index is -0.903. The van der Waals surface area contributed by atoms with Gasteiger partial charge in [0.1, 0.15) is 5.15 Å². The topological polar surface area (TPSA) is 59.4 Å². The molecule has 21 heavy (non-hydrogen) atoms. The Labute approximate surface area is 127 Å². The van der Waals surface area contributed by atoms with E-state index >= 15 is 0 Å². The highest BCUT2D eigenvalue weighted by atomic mass is 35.5. The van der Waals surface area contributed by atoms with Gasteiger partial charge in [0.2, 0.25) is 0 Å². The number of aromatic nitrogens is 1. The van der Waals surface area contributed by atoms with Crippen molar-refractivity contribution in [1.29, 1.82) is 0 Å². The van der Waals surface area contributed by atoms with Crippen molar-refractivity contribution in [2.45, 2.75) is 20.0 Å². The Balaban J connectivity index is 1.83. The van der Waals surface area contributed by atoms with Crippen molar-refractivity contribution in [3.8, 4) is 0 Å². The van der Waals surface area contributed by atoms with Crippen LogP contribution < -0.4 is 5.46 Å². The van der Waals surface area contributed by atoms with E-state index in [0.717, 1.165) is 22.3 Å². The number of benzene rings is 1. The molecule has 1 aromatic carbocycles. The standard InChI is InChI=1S/C15H13BClNO3/c1-9-2-5-12(15(17)18-9)14(19)7-10-3-4-11-8-21-16(20)13(11)6-10/h2-6,20H,7-8H2,1H3. The zero-order valence-corrected chi connectivity index (χ0v) is 12.2. The number of pyridine rings is 1. The summed E-state index contributed by atoms with van der Waals surface area (Å²) in [4.78, 5) is 16.4. The van der Waals surface area contributed by atoms with Crippen molar-refractivity contribution in [3.05, 3.63) is 57.9 Å². The summed E-state index contributed by atoms with van der Waals surface area (Å²) >= 11 is 6.02. The van der Waals surface area contributed by atoms with Gasteiger partial charge in [-0.1, -0.05) is 29.8 Å². The van der Waals surface area contributed by atoms with E-state index in [1.807, 2.05) is 19.1 Å². The van der Waals surface area contributed by atoms with E-state index in [2.05, 4.69) is 4.98 Å². The van der Waals surface area contributed by atoms with E-state index in [0.29, 0.717) is 12.2 Å². The zero-order chi connectivity index (χ0) is 15.0. The molecule has 1 aliphatic rings. The first-order valence-electron chi connectivity index (χ1n) is 6.62. The molecule has 4 nitrogen and oxygen atoms in total. The van der Waals surface area contributed by atoms with E-state index in [-0.39, 0.29) is 17.4 Å². The predicted octanol–water partition coefficient (Wildman–Crippen LogP) is 1.69. The fraction of sp³-hybridized carbons (Fsp3) is 0.200. The maximum atomic E-state index is 12.3. The Morgan fingerprint density at radius 2 is 2.24 bits per heavy atom. The van der Waals surface area contributed by atoms with Gasteiger partial charge in [-0.05, 0) is 35.6 Å². The molecule has 0 unspecified atom stereocenters. The lowest BCUT2D eigenvalue weighted by Gasteiger charge is -2.06. The lowest BCUT2D eigenvalue weighted by atomic mass is 9.78. The molecule has 1 aliphatic heterocycles. The highest BCUT2D eigenvalue weighted by Crippen LogP contribution is 2.17. The van der Waals surface area contributed by atoms with Crippen LogP contribution in [0.15, 0.2) is 30.3 Å². The van der Waals surface area contributed by atoms with Crippen LogP contribution in [0, 0.1) is 6.92 Å². The van der Waals surface area contributed by atoms with Gasteiger partial charge in [-0.3, -0.25) is 4.79 Å². The SMILES string of the molecule is Cc1ccc(C(=O)Cc2ccc3c(c2)B(O)OC3)c(Cl)n1. The summed E-state index contributed by atoms with van der Waals surface area (Å²) in [5, 5.41) is 9.92. The molecule has 2 aromatic rings. The Morgan fingerprint density at radius 1 is 1.43 bits per heavy atom. The van der Waals surface area contributed by atoms with Crippen LogP contribution in [0.25, 0.3) is 0 Å². The van der Waals surface area contributed by atoms with Crippen molar-refractivity contribution in [3.63, 3.8) is 0 Å². The number of fused-ring (bicyclic) bond motifs is 1. The molecule has 0 aliphatic carbocycles. The minimum absolute atomic E-state index is 0.0964. The van der Waals surface area contributed by atoms with E-state index in [1.165, 1.54) is 0 Å². The van der Waals surface area contributed by atoms with Gasteiger partial charge in [-0.2, -0.15) is 0 Å². The fourth-order valence-corrected chi connectivity index (χ4v) is 2.69. The molecular weight excluding hydrogens is 288 g/mol.